The summed E-state index contributed by atoms with van der Waals surface area (Å²) in [5, 5.41) is 8.58. The molecule has 0 aromatic carbocycles. The Hall–Kier alpha value is -0.250. The molecule has 0 amide bonds. The molecule has 1 aromatic rings. The second kappa shape index (κ2) is 7.96. The van der Waals surface area contributed by atoms with E-state index < -0.39 is 0 Å². The summed E-state index contributed by atoms with van der Waals surface area (Å²) in [5.74, 6) is 0.757. The summed E-state index contributed by atoms with van der Waals surface area (Å²) in [6.45, 7) is 3.85. The largest absolute Gasteiger partial charge is 0.311 e. The number of aryl methyl sites for hydroxylation is 2. The van der Waals surface area contributed by atoms with Crippen LogP contribution in [0.15, 0.2) is 0 Å². The SMILES string of the molecule is CCc1nn(C)c(CNCCCCCCl)c1Cl. The summed E-state index contributed by atoms with van der Waals surface area (Å²) in [4.78, 5) is 0. The Kier molecular flexibility index (Phi) is 6.93. The number of nitrogens with one attached hydrogen (secondary N) is 1. The van der Waals surface area contributed by atoms with Gasteiger partial charge in [-0.25, -0.2) is 0 Å². The lowest BCUT2D eigenvalue weighted by Gasteiger charge is -2.05. The molecule has 0 atom stereocenters. The van der Waals surface area contributed by atoms with Crippen LogP contribution in [0.4, 0.5) is 0 Å². The van der Waals surface area contributed by atoms with Gasteiger partial charge in [-0.15, -0.1) is 11.6 Å². The van der Waals surface area contributed by atoms with Crippen molar-refractivity contribution in [3.63, 3.8) is 0 Å². The van der Waals surface area contributed by atoms with Crippen LogP contribution >= 0.6 is 23.2 Å². The van der Waals surface area contributed by atoms with Crippen molar-refractivity contribution in [1.29, 1.82) is 0 Å². The van der Waals surface area contributed by atoms with Crippen molar-refractivity contribution in [2.24, 2.45) is 7.05 Å². The van der Waals surface area contributed by atoms with Crippen LogP contribution in [0.25, 0.3) is 0 Å². The molecule has 0 aliphatic carbocycles. The van der Waals surface area contributed by atoms with Gasteiger partial charge in [-0.1, -0.05) is 24.9 Å². The van der Waals surface area contributed by atoms with Crippen LogP contribution in [-0.4, -0.2) is 22.2 Å². The predicted octanol–water partition coefficient (Wildman–Crippen LogP) is 3.13. The summed E-state index contributed by atoms with van der Waals surface area (Å²) in [5.41, 5.74) is 2.05. The standard InChI is InChI=1S/C12H21Cl2N3/c1-3-10-12(14)11(17(2)16-10)9-15-8-6-4-5-7-13/h15H,3-9H2,1-2H3. The fourth-order valence-electron chi connectivity index (χ4n) is 1.74. The van der Waals surface area contributed by atoms with Gasteiger partial charge in [0.15, 0.2) is 0 Å². The highest BCUT2D eigenvalue weighted by Crippen LogP contribution is 2.20. The molecule has 0 fully saturated rings. The lowest BCUT2D eigenvalue weighted by molar-refractivity contribution is 0.588. The van der Waals surface area contributed by atoms with Gasteiger partial charge < -0.3 is 5.32 Å². The van der Waals surface area contributed by atoms with E-state index in [2.05, 4.69) is 17.3 Å². The number of hydrogen-bond acceptors (Lipinski definition) is 2. The third kappa shape index (κ3) is 4.49. The van der Waals surface area contributed by atoms with Crippen LogP contribution in [0, 0.1) is 0 Å². The van der Waals surface area contributed by atoms with Gasteiger partial charge in [0.2, 0.25) is 0 Å². The van der Waals surface area contributed by atoms with Gasteiger partial charge >= 0.3 is 0 Å². The summed E-state index contributed by atoms with van der Waals surface area (Å²) in [7, 11) is 1.94. The molecule has 1 rings (SSSR count). The minimum Gasteiger partial charge on any atom is -0.311 e. The minimum absolute atomic E-state index is 0.757. The Labute approximate surface area is 113 Å². The van der Waals surface area contributed by atoms with E-state index in [1.165, 1.54) is 6.42 Å². The first-order chi connectivity index (χ1) is 8.20. The molecule has 0 spiro atoms. The normalized spacial score (nSPS) is 11.1. The first-order valence-corrected chi connectivity index (χ1v) is 7.08. The number of alkyl halides is 1. The topological polar surface area (TPSA) is 29.9 Å². The fourth-order valence-corrected chi connectivity index (χ4v) is 2.29. The molecule has 0 aliphatic heterocycles. The van der Waals surface area contributed by atoms with E-state index in [0.29, 0.717) is 0 Å². The molecule has 1 aromatic heterocycles. The van der Waals surface area contributed by atoms with Crippen molar-refractivity contribution in [2.75, 3.05) is 12.4 Å². The maximum absolute atomic E-state index is 6.25. The molecule has 0 unspecified atom stereocenters. The van der Waals surface area contributed by atoms with E-state index in [9.17, 15) is 0 Å². The zero-order valence-corrected chi connectivity index (χ0v) is 12.1. The molecular weight excluding hydrogens is 257 g/mol. The number of aromatic nitrogens is 2. The lowest BCUT2D eigenvalue weighted by atomic mass is 10.2. The molecule has 0 aliphatic rings. The number of halogens is 2. The summed E-state index contributed by atoms with van der Waals surface area (Å²) >= 11 is 11.9. The van der Waals surface area contributed by atoms with E-state index in [1.54, 1.807) is 0 Å². The van der Waals surface area contributed by atoms with E-state index in [0.717, 1.165) is 54.6 Å². The summed E-state index contributed by atoms with van der Waals surface area (Å²) in [6.07, 6.45) is 4.30. The van der Waals surface area contributed by atoms with E-state index >= 15 is 0 Å². The molecule has 17 heavy (non-hydrogen) atoms. The summed E-state index contributed by atoms with van der Waals surface area (Å²) < 4.78 is 1.87. The van der Waals surface area contributed by atoms with Gasteiger partial charge in [-0.05, 0) is 25.8 Å². The zero-order chi connectivity index (χ0) is 12.7. The maximum atomic E-state index is 6.25. The second-order valence-corrected chi connectivity index (χ2v) is 4.87. The van der Waals surface area contributed by atoms with E-state index in [4.69, 9.17) is 23.2 Å². The van der Waals surface area contributed by atoms with Crippen LogP contribution in [0.5, 0.6) is 0 Å². The van der Waals surface area contributed by atoms with Gasteiger partial charge in [-0.3, -0.25) is 4.68 Å². The second-order valence-electron chi connectivity index (χ2n) is 4.11. The average molecular weight is 278 g/mol. The number of rotatable bonds is 8. The lowest BCUT2D eigenvalue weighted by Crippen LogP contribution is -2.17. The number of nitrogens with zero attached hydrogens (tertiary/aromatic N) is 2. The van der Waals surface area contributed by atoms with Gasteiger partial charge in [0.1, 0.15) is 0 Å². The number of unbranched alkanes of at least 4 members (excludes halogenated alkanes) is 2. The Bertz CT molecular complexity index is 337. The smallest absolute Gasteiger partial charge is 0.0863 e. The first-order valence-electron chi connectivity index (χ1n) is 6.17. The quantitative estimate of drug-likeness (QED) is 0.585. The van der Waals surface area contributed by atoms with Crippen molar-refractivity contribution in [3.8, 4) is 0 Å². The first kappa shape index (κ1) is 14.8. The van der Waals surface area contributed by atoms with E-state index in [-0.39, 0.29) is 0 Å². The molecule has 3 nitrogen and oxygen atoms in total. The van der Waals surface area contributed by atoms with Gasteiger partial charge in [0.05, 0.1) is 16.4 Å². The highest BCUT2D eigenvalue weighted by atomic mass is 35.5. The molecule has 5 heteroatoms. The molecular formula is C12H21Cl2N3. The van der Waals surface area contributed by atoms with Crippen molar-refractivity contribution in [2.45, 2.75) is 39.2 Å². The third-order valence-corrected chi connectivity index (χ3v) is 3.49. The Balaban J connectivity index is 2.34. The van der Waals surface area contributed by atoms with E-state index in [1.807, 2.05) is 11.7 Å². The van der Waals surface area contributed by atoms with Gasteiger partial charge in [0.25, 0.3) is 0 Å². The average Bonchev–Trinajstić information content (AvgIpc) is 2.60. The molecule has 0 saturated carbocycles. The van der Waals surface area contributed by atoms with Crippen molar-refractivity contribution < 1.29 is 0 Å². The van der Waals surface area contributed by atoms with Gasteiger partial charge in [0, 0.05) is 19.5 Å². The fraction of sp³-hybridized carbons (Fsp3) is 0.750. The van der Waals surface area contributed by atoms with Crippen molar-refractivity contribution >= 4 is 23.2 Å². The van der Waals surface area contributed by atoms with Crippen molar-refractivity contribution in [1.82, 2.24) is 15.1 Å². The number of hydrogen-bond donors (Lipinski definition) is 1. The minimum atomic E-state index is 0.757. The summed E-state index contributed by atoms with van der Waals surface area (Å²) in [6, 6.07) is 0. The molecule has 98 valence electrons. The van der Waals surface area contributed by atoms with Crippen molar-refractivity contribution in [3.05, 3.63) is 16.4 Å². The maximum Gasteiger partial charge on any atom is 0.0863 e. The highest BCUT2D eigenvalue weighted by Gasteiger charge is 2.11. The molecule has 0 radical (unpaired) electrons. The Morgan fingerprint density at radius 2 is 2.06 bits per heavy atom. The molecule has 1 N–H and O–H groups in total. The molecule has 0 bridgehead atoms. The Morgan fingerprint density at radius 3 is 2.65 bits per heavy atom. The van der Waals surface area contributed by atoms with Crippen LogP contribution < -0.4 is 5.32 Å². The zero-order valence-electron chi connectivity index (χ0n) is 10.6. The van der Waals surface area contributed by atoms with Crippen LogP contribution in [0.2, 0.25) is 5.02 Å². The van der Waals surface area contributed by atoms with Crippen LogP contribution in [0.1, 0.15) is 37.6 Å². The molecule has 1 heterocycles. The predicted molar refractivity (Wildman–Crippen MR) is 73.9 cm³/mol. The molecule has 0 saturated heterocycles. The van der Waals surface area contributed by atoms with Crippen LogP contribution in [-0.2, 0) is 20.0 Å². The van der Waals surface area contributed by atoms with Gasteiger partial charge in [-0.2, -0.15) is 5.10 Å². The highest BCUT2D eigenvalue weighted by molar-refractivity contribution is 6.31. The van der Waals surface area contributed by atoms with Crippen LogP contribution in [0.3, 0.4) is 0 Å². The monoisotopic (exact) mass is 277 g/mol. The Morgan fingerprint density at radius 1 is 1.29 bits per heavy atom. The third-order valence-electron chi connectivity index (χ3n) is 2.78.